The maximum Gasteiger partial charge on any atom is 0.127 e. The number of piperidine rings is 1. The molecule has 19 heavy (non-hydrogen) atoms. The molecule has 2 rings (SSSR count). The molecular formula is C15H24ClFN2. The summed E-state index contributed by atoms with van der Waals surface area (Å²) < 4.78 is 13.9. The molecule has 0 saturated carbocycles. The first-order chi connectivity index (χ1) is 8.74. The van der Waals surface area contributed by atoms with Crippen LogP contribution in [0, 0.1) is 11.7 Å². The van der Waals surface area contributed by atoms with Crippen LogP contribution in [0.4, 0.5) is 4.39 Å². The highest BCUT2D eigenvalue weighted by molar-refractivity contribution is 5.85. The molecule has 4 heteroatoms. The van der Waals surface area contributed by atoms with Gasteiger partial charge in [0.15, 0.2) is 0 Å². The molecule has 2 nitrogen and oxygen atoms in total. The third-order valence-corrected chi connectivity index (χ3v) is 3.91. The molecule has 1 saturated heterocycles. The number of hydrogen-bond acceptors (Lipinski definition) is 2. The van der Waals surface area contributed by atoms with Crippen LogP contribution in [0.25, 0.3) is 0 Å². The SMILES string of the molecule is CCc1cccc(F)c1CN1CCCC(CN)C1.Cl. The summed E-state index contributed by atoms with van der Waals surface area (Å²) in [5, 5.41) is 0. The van der Waals surface area contributed by atoms with Crippen LogP contribution in [0.15, 0.2) is 18.2 Å². The highest BCUT2D eigenvalue weighted by atomic mass is 35.5. The van der Waals surface area contributed by atoms with Crippen LogP contribution >= 0.6 is 12.4 Å². The van der Waals surface area contributed by atoms with Gasteiger partial charge in [-0.1, -0.05) is 19.1 Å². The lowest BCUT2D eigenvalue weighted by atomic mass is 9.97. The minimum atomic E-state index is -0.0655. The van der Waals surface area contributed by atoms with Crippen molar-refractivity contribution in [3.8, 4) is 0 Å². The van der Waals surface area contributed by atoms with E-state index in [4.69, 9.17) is 5.73 Å². The smallest absolute Gasteiger partial charge is 0.127 e. The number of hydrogen-bond donors (Lipinski definition) is 1. The third kappa shape index (κ3) is 4.16. The molecular weight excluding hydrogens is 263 g/mol. The molecule has 2 N–H and O–H groups in total. The van der Waals surface area contributed by atoms with Crippen molar-refractivity contribution < 1.29 is 4.39 Å². The Morgan fingerprint density at radius 1 is 1.42 bits per heavy atom. The number of aryl methyl sites for hydroxylation is 1. The summed E-state index contributed by atoms with van der Waals surface area (Å²) in [6.07, 6.45) is 3.28. The minimum Gasteiger partial charge on any atom is -0.330 e. The first kappa shape index (κ1) is 16.4. The molecule has 1 aromatic rings. The van der Waals surface area contributed by atoms with Gasteiger partial charge in [-0.25, -0.2) is 4.39 Å². The van der Waals surface area contributed by atoms with Crippen LogP contribution in [0.3, 0.4) is 0 Å². The standard InChI is InChI=1S/C15H23FN2.ClH/c1-2-13-6-3-7-15(16)14(13)11-18-8-4-5-12(9-17)10-18;/h3,6-7,12H,2,4-5,8-11,17H2,1H3;1H. The normalized spacial score (nSPS) is 20.1. The second-order valence-electron chi connectivity index (χ2n) is 5.21. The van der Waals surface area contributed by atoms with E-state index in [2.05, 4.69) is 11.8 Å². The van der Waals surface area contributed by atoms with Crippen molar-refractivity contribution in [1.29, 1.82) is 0 Å². The number of benzene rings is 1. The Bertz CT molecular complexity index is 398. The van der Waals surface area contributed by atoms with E-state index in [9.17, 15) is 4.39 Å². The summed E-state index contributed by atoms with van der Waals surface area (Å²) in [4.78, 5) is 2.35. The summed E-state index contributed by atoms with van der Waals surface area (Å²) in [6.45, 7) is 5.62. The molecule has 1 heterocycles. The Hall–Kier alpha value is -0.640. The van der Waals surface area contributed by atoms with Crippen LogP contribution < -0.4 is 5.73 Å². The zero-order valence-corrected chi connectivity index (χ0v) is 12.4. The molecule has 0 aromatic heterocycles. The summed E-state index contributed by atoms with van der Waals surface area (Å²) in [6, 6.07) is 5.40. The maximum atomic E-state index is 13.9. The average Bonchev–Trinajstić information content (AvgIpc) is 2.41. The van der Waals surface area contributed by atoms with E-state index >= 15 is 0 Å². The summed E-state index contributed by atoms with van der Waals surface area (Å²) in [5.74, 6) is 0.514. The predicted octanol–water partition coefficient (Wildman–Crippen LogP) is 2.98. The van der Waals surface area contributed by atoms with Gasteiger partial charge >= 0.3 is 0 Å². The Morgan fingerprint density at radius 2 is 2.21 bits per heavy atom. The first-order valence-corrected chi connectivity index (χ1v) is 6.93. The first-order valence-electron chi connectivity index (χ1n) is 6.93. The van der Waals surface area contributed by atoms with E-state index in [0.717, 1.165) is 43.7 Å². The van der Waals surface area contributed by atoms with E-state index in [0.29, 0.717) is 5.92 Å². The van der Waals surface area contributed by atoms with Gasteiger partial charge in [-0.15, -0.1) is 12.4 Å². The van der Waals surface area contributed by atoms with E-state index in [1.54, 1.807) is 12.1 Å². The Kier molecular flexibility index (Phi) is 6.76. The fraction of sp³-hybridized carbons (Fsp3) is 0.600. The monoisotopic (exact) mass is 286 g/mol. The van der Waals surface area contributed by atoms with Crippen molar-refractivity contribution in [3.05, 3.63) is 35.1 Å². The van der Waals surface area contributed by atoms with Gasteiger partial charge in [0.2, 0.25) is 0 Å². The maximum absolute atomic E-state index is 13.9. The number of rotatable bonds is 4. The molecule has 1 unspecified atom stereocenters. The number of nitrogens with zero attached hydrogens (tertiary/aromatic N) is 1. The Labute approximate surface area is 121 Å². The van der Waals surface area contributed by atoms with Crippen molar-refractivity contribution >= 4 is 12.4 Å². The molecule has 1 aromatic carbocycles. The quantitative estimate of drug-likeness (QED) is 0.922. The highest BCUT2D eigenvalue weighted by Crippen LogP contribution is 2.21. The molecule has 1 aliphatic rings. The topological polar surface area (TPSA) is 29.3 Å². The molecule has 0 spiro atoms. The molecule has 0 amide bonds. The molecule has 108 valence electrons. The van der Waals surface area contributed by atoms with Gasteiger partial charge in [-0.05, 0) is 49.9 Å². The second kappa shape index (κ2) is 7.83. The Balaban J connectivity index is 0.00000180. The fourth-order valence-corrected chi connectivity index (χ4v) is 2.82. The lowest BCUT2D eigenvalue weighted by Crippen LogP contribution is -2.38. The molecule has 0 bridgehead atoms. The third-order valence-electron chi connectivity index (χ3n) is 3.91. The van der Waals surface area contributed by atoms with Crippen LogP contribution in [-0.2, 0) is 13.0 Å². The van der Waals surface area contributed by atoms with Crippen molar-refractivity contribution in [1.82, 2.24) is 4.90 Å². The summed E-state index contributed by atoms with van der Waals surface area (Å²) in [7, 11) is 0. The van der Waals surface area contributed by atoms with Crippen molar-refractivity contribution in [2.24, 2.45) is 11.7 Å². The van der Waals surface area contributed by atoms with Crippen molar-refractivity contribution in [2.45, 2.75) is 32.7 Å². The van der Waals surface area contributed by atoms with Gasteiger partial charge in [0.1, 0.15) is 5.82 Å². The van der Waals surface area contributed by atoms with E-state index in [1.807, 2.05) is 6.07 Å². The highest BCUT2D eigenvalue weighted by Gasteiger charge is 2.20. The lowest BCUT2D eigenvalue weighted by Gasteiger charge is -2.32. The zero-order chi connectivity index (χ0) is 13.0. The van der Waals surface area contributed by atoms with E-state index < -0.39 is 0 Å². The van der Waals surface area contributed by atoms with Gasteiger partial charge in [-0.3, -0.25) is 4.90 Å². The summed E-state index contributed by atoms with van der Waals surface area (Å²) >= 11 is 0. The van der Waals surface area contributed by atoms with Crippen LogP contribution in [0.5, 0.6) is 0 Å². The van der Waals surface area contributed by atoms with Gasteiger partial charge in [0.25, 0.3) is 0 Å². The van der Waals surface area contributed by atoms with Crippen LogP contribution in [0.2, 0.25) is 0 Å². The largest absolute Gasteiger partial charge is 0.330 e. The molecule has 0 aliphatic carbocycles. The number of likely N-dealkylation sites (tertiary alicyclic amines) is 1. The average molecular weight is 287 g/mol. The zero-order valence-electron chi connectivity index (χ0n) is 11.6. The van der Waals surface area contributed by atoms with Gasteiger partial charge in [0.05, 0.1) is 0 Å². The van der Waals surface area contributed by atoms with Crippen molar-refractivity contribution in [2.75, 3.05) is 19.6 Å². The predicted molar refractivity (Wildman–Crippen MR) is 80.1 cm³/mol. The minimum absolute atomic E-state index is 0. The fourth-order valence-electron chi connectivity index (χ4n) is 2.82. The van der Waals surface area contributed by atoms with Crippen LogP contribution in [-0.4, -0.2) is 24.5 Å². The second-order valence-corrected chi connectivity index (χ2v) is 5.21. The van der Waals surface area contributed by atoms with Gasteiger partial charge in [0, 0.05) is 18.7 Å². The van der Waals surface area contributed by atoms with Crippen LogP contribution in [0.1, 0.15) is 30.9 Å². The number of halogens is 2. The van der Waals surface area contributed by atoms with Gasteiger partial charge < -0.3 is 5.73 Å². The lowest BCUT2D eigenvalue weighted by molar-refractivity contribution is 0.169. The summed E-state index contributed by atoms with van der Waals surface area (Å²) in [5.41, 5.74) is 7.75. The molecule has 1 atom stereocenters. The van der Waals surface area contributed by atoms with Crippen molar-refractivity contribution in [3.63, 3.8) is 0 Å². The van der Waals surface area contributed by atoms with E-state index in [-0.39, 0.29) is 18.2 Å². The van der Waals surface area contributed by atoms with E-state index in [1.165, 1.54) is 12.8 Å². The number of nitrogens with two attached hydrogens (primary N) is 1. The molecule has 1 fully saturated rings. The molecule has 0 radical (unpaired) electrons. The van der Waals surface area contributed by atoms with Gasteiger partial charge in [-0.2, -0.15) is 0 Å². The Morgan fingerprint density at radius 3 is 2.89 bits per heavy atom. The molecule has 1 aliphatic heterocycles.